The second kappa shape index (κ2) is 7.27. The lowest BCUT2D eigenvalue weighted by Gasteiger charge is -2.09. The summed E-state index contributed by atoms with van der Waals surface area (Å²) in [5.74, 6) is -0.156. The molecule has 0 saturated heterocycles. The Labute approximate surface area is 189 Å². The quantitative estimate of drug-likeness (QED) is 0.368. The summed E-state index contributed by atoms with van der Waals surface area (Å²) < 4.78 is 45.7. The molecule has 0 spiro atoms. The Balaban J connectivity index is 1.23. The summed E-state index contributed by atoms with van der Waals surface area (Å²) in [7, 11) is 0. The molecule has 1 aliphatic heterocycles. The highest BCUT2D eigenvalue weighted by Gasteiger charge is 2.41. The third kappa shape index (κ3) is 3.49. The molecule has 1 aliphatic rings. The van der Waals surface area contributed by atoms with Crippen molar-refractivity contribution in [3.63, 3.8) is 0 Å². The first-order valence-electron chi connectivity index (χ1n) is 10.3. The van der Waals surface area contributed by atoms with Gasteiger partial charge in [0.25, 0.3) is 5.91 Å². The molecule has 3 aromatic carbocycles. The van der Waals surface area contributed by atoms with Crippen LogP contribution in [0.2, 0.25) is 0 Å². The molecule has 34 heavy (non-hydrogen) atoms. The lowest BCUT2D eigenvalue weighted by Crippen LogP contribution is -2.11. The van der Waals surface area contributed by atoms with Crippen molar-refractivity contribution >= 4 is 39.3 Å². The number of amides is 1. The van der Waals surface area contributed by atoms with Gasteiger partial charge < -0.3 is 9.73 Å². The lowest BCUT2D eigenvalue weighted by atomic mass is 10.0. The van der Waals surface area contributed by atoms with E-state index in [1.54, 1.807) is 36.5 Å². The van der Waals surface area contributed by atoms with E-state index in [1.807, 2.05) is 6.07 Å². The van der Waals surface area contributed by atoms with Crippen molar-refractivity contribution in [1.82, 2.24) is 15.2 Å². The van der Waals surface area contributed by atoms with Gasteiger partial charge in [0.05, 0.1) is 23.0 Å². The van der Waals surface area contributed by atoms with Crippen LogP contribution < -0.4 is 5.32 Å². The first-order chi connectivity index (χ1) is 16.4. The van der Waals surface area contributed by atoms with Gasteiger partial charge in [-0.1, -0.05) is 18.2 Å². The molecular weight excluding hydrogens is 447 g/mol. The number of aromatic nitrogens is 3. The molecule has 2 N–H and O–H groups in total. The zero-order valence-corrected chi connectivity index (χ0v) is 17.2. The van der Waals surface area contributed by atoms with Crippen LogP contribution in [0.4, 0.5) is 18.9 Å². The number of hydrogen-bond donors (Lipinski definition) is 2. The zero-order valence-electron chi connectivity index (χ0n) is 17.2. The van der Waals surface area contributed by atoms with Gasteiger partial charge in [-0.3, -0.25) is 14.9 Å². The van der Waals surface area contributed by atoms with Gasteiger partial charge in [0.15, 0.2) is 11.6 Å². The summed E-state index contributed by atoms with van der Waals surface area (Å²) >= 11 is 0. The highest BCUT2D eigenvalue weighted by molar-refractivity contribution is 6.14. The number of fused-ring (bicyclic) bond motifs is 2. The fraction of sp³-hybridized carbons (Fsp3) is 0.0833. The molecule has 168 valence electrons. The minimum atomic E-state index is -4.49. The standard InChI is InChI=1S/C24H14F3N5O2/c25-24(26,27)16-4-2-1-3-15(16)20-21(31-20)23-30-18-9-12(6-8-19(18)34-23)22(33)29-14-7-5-13-11-28-32-17(13)10-14/h1-11,21H,(H,28,32)(H,29,33). The maximum atomic E-state index is 13.3. The number of hydrogen-bond acceptors (Lipinski definition) is 5. The van der Waals surface area contributed by atoms with E-state index in [2.05, 4.69) is 25.5 Å². The highest BCUT2D eigenvalue weighted by Crippen LogP contribution is 2.41. The Bertz CT molecular complexity index is 1620. The van der Waals surface area contributed by atoms with Crippen molar-refractivity contribution < 1.29 is 22.4 Å². The Hall–Kier alpha value is -4.47. The first kappa shape index (κ1) is 20.2. The molecule has 7 nitrogen and oxygen atoms in total. The van der Waals surface area contributed by atoms with Crippen LogP contribution in [0.3, 0.4) is 0 Å². The number of carbonyl (C=O) groups excluding carboxylic acids is 1. The number of aromatic amines is 1. The molecule has 0 radical (unpaired) electrons. The number of carbonyl (C=O) groups is 1. The number of benzene rings is 3. The molecule has 1 unspecified atom stereocenters. The van der Waals surface area contributed by atoms with Crippen LogP contribution in [0.15, 0.2) is 76.3 Å². The smallest absolute Gasteiger partial charge is 0.417 e. The Morgan fingerprint density at radius 1 is 1.06 bits per heavy atom. The predicted molar refractivity (Wildman–Crippen MR) is 119 cm³/mol. The van der Waals surface area contributed by atoms with Crippen LogP contribution in [0, 0.1) is 0 Å². The van der Waals surface area contributed by atoms with Gasteiger partial charge in [0.1, 0.15) is 5.52 Å². The molecule has 2 aromatic heterocycles. The van der Waals surface area contributed by atoms with E-state index in [-0.39, 0.29) is 23.1 Å². The number of rotatable bonds is 4. The number of alkyl halides is 3. The number of nitrogens with zero attached hydrogens (tertiary/aromatic N) is 3. The molecule has 10 heteroatoms. The third-order valence-corrected chi connectivity index (χ3v) is 5.57. The maximum Gasteiger partial charge on any atom is 0.417 e. The molecule has 0 aliphatic carbocycles. The van der Waals surface area contributed by atoms with Crippen LogP contribution in [-0.2, 0) is 6.18 Å². The maximum absolute atomic E-state index is 13.3. The second-order valence-corrected chi connectivity index (χ2v) is 7.82. The van der Waals surface area contributed by atoms with Gasteiger partial charge in [0, 0.05) is 22.2 Å². The SMILES string of the molecule is O=C(Nc1ccc2cn[nH]c2c1)c1ccc2oc(C3N=C3c3ccccc3C(F)(F)F)nc2c1. The van der Waals surface area contributed by atoms with Crippen LogP contribution in [0.25, 0.3) is 22.0 Å². The van der Waals surface area contributed by atoms with Crippen molar-refractivity contribution in [3.8, 4) is 0 Å². The fourth-order valence-electron chi connectivity index (χ4n) is 3.87. The van der Waals surface area contributed by atoms with E-state index in [4.69, 9.17) is 4.42 Å². The summed E-state index contributed by atoms with van der Waals surface area (Å²) in [6, 6.07) is 14.7. The predicted octanol–water partition coefficient (Wildman–Crippen LogP) is 5.52. The van der Waals surface area contributed by atoms with Gasteiger partial charge in [0.2, 0.25) is 5.89 Å². The van der Waals surface area contributed by atoms with E-state index in [1.165, 1.54) is 18.2 Å². The average Bonchev–Trinajstić information content (AvgIpc) is 3.27. The Kier molecular flexibility index (Phi) is 4.31. The largest absolute Gasteiger partial charge is 0.438 e. The molecule has 1 atom stereocenters. The number of nitrogens with one attached hydrogen (secondary N) is 2. The summed E-state index contributed by atoms with van der Waals surface area (Å²) in [6.45, 7) is 0. The minimum Gasteiger partial charge on any atom is -0.438 e. The van der Waals surface area contributed by atoms with Crippen molar-refractivity contribution in [2.45, 2.75) is 12.2 Å². The highest BCUT2D eigenvalue weighted by atomic mass is 19.4. The Morgan fingerprint density at radius 2 is 1.91 bits per heavy atom. The third-order valence-electron chi connectivity index (χ3n) is 5.57. The van der Waals surface area contributed by atoms with Gasteiger partial charge >= 0.3 is 6.18 Å². The van der Waals surface area contributed by atoms with Gasteiger partial charge in [-0.05, 0) is 42.5 Å². The molecule has 6 rings (SSSR count). The van der Waals surface area contributed by atoms with Crippen LogP contribution in [0.5, 0.6) is 0 Å². The molecule has 0 saturated carbocycles. The monoisotopic (exact) mass is 461 g/mol. The van der Waals surface area contributed by atoms with Crippen LogP contribution >= 0.6 is 0 Å². The van der Waals surface area contributed by atoms with E-state index in [9.17, 15) is 18.0 Å². The summed E-state index contributed by atoms with van der Waals surface area (Å²) in [4.78, 5) is 21.3. The summed E-state index contributed by atoms with van der Waals surface area (Å²) in [5.41, 5.74) is 2.11. The summed E-state index contributed by atoms with van der Waals surface area (Å²) in [5, 5.41) is 10.5. The normalized spacial score (nSPS) is 15.5. The Morgan fingerprint density at radius 3 is 2.76 bits per heavy atom. The van der Waals surface area contributed by atoms with Crippen molar-refractivity contribution in [2.24, 2.45) is 4.99 Å². The number of anilines is 1. The topological polar surface area (TPSA) is 96.2 Å². The van der Waals surface area contributed by atoms with Crippen molar-refractivity contribution in [2.75, 3.05) is 5.32 Å². The molecule has 0 fully saturated rings. The molecule has 3 heterocycles. The fourth-order valence-corrected chi connectivity index (χ4v) is 3.87. The minimum absolute atomic E-state index is 0.0107. The number of aliphatic imine (C=N–C) groups is 1. The van der Waals surface area contributed by atoms with E-state index >= 15 is 0 Å². The van der Waals surface area contributed by atoms with E-state index in [0.29, 0.717) is 22.4 Å². The van der Waals surface area contributed by atoms with E-state index < -0.39 is 17.8 Å². The van der Waals surface area contributed by atoms with Crippen molar-refractivity contribution in [3.05, 3.63) is 89.4 Å². The number of oxazole rings is 1. The van der Waals surface area contributed by atoms with Crippen LogP contribution in [-0.4, -0.2) is 26.8 Å². The van der Waals surface area contributed by atoms with Crippen LogP contribution in [0.1, 0.15) is 33.4 Å². The van der Waals surface area contributed by atoms with Gasteiger partial charge in [-0.2, -0.15) is 18.3 Å². The molecule has 0 bridgehead atoms. The number of halogens is 3. The number of H-pyrrole nitrogens is 1. The molecule has 5 aromatic rings. The lowest BCUT2D eigenvalue weighted by molar-refractivity contribution is -0.137. The van der Waals surface area contributed by atoms with Crippen molar-refractivity contribution in [1.29, 1.82) is 0 Å². The average molecular weight is 461 g/mol. The summed E-state index contributed by atoms with van der Waals surface area (Å²) in [6.07, 6.45) is -2.80. The zero-order chi connectivity index (χ0) is 23.4. The van der Waals surface area contributed by atoms with E-state index in [0.717, 1.165) is 17.0 Å². The van der Waals surface area contributed by atoms with Gasteiger partial charge in [-0.15, -0.1) is 0 Å². The molecule has 1 amide bonds. The second-order valence-electron chi connectivity index (χ2n) is 7.82. The van der Waals surface area contributed by atoms with Gasteiger partial charge in [-0.25, -0.2) is 4.98 Å². The first-order valence-corrected chi connectivity index (χ1v) is 10.3. The molecular formula is C24H14F3N5O2.